The number of hydrogen-bond donors (Lipinski definition) is 1. The van der Waals surface area contributed by atoms with Crippen LogP contribution in [0.3, 0.4) is 0 Å². The molecule has 3 aromatic heterocycles. The van der Waals surface area contributed by atoms with Crippen molar-refractivity contribution in [3.63, 3.8) is 0 Å². The van der Waals surface area contributed by atoms with Gasteiger partial charge >= 0.3 is 0 Å². The summed E-state index contributed by atoms with van der Waals surface area (Å²) in [6.45, 7) is 4.35. The van der Waals surface area contributed by atoms with Crippen molar-refractivity contribution in [2.24, 2.45) is 0 Å². The van der Waals surface area contributed by atoms with Crippen molar-refractivity contribution in [3.8, 4) is 0 Å². The molecule has 0 fully saturated rings. The van der Waals surface area contributed by atoms with Gasteiger partial charge in [-0.3, -0.25) is 9.59 Å². The number of carbonyl (C=O) groups excluding carboxylic acids is 1. The Morgan fingerprint density at radius 3 is 2.82 bits per heavy atom. The Morgan fingerprint density at radius 2 is 2.07 bits per heavy atom. The Balaban J connectivity index is 1.67. The normalized spacial score (nSPS) is 12.5. The lowest BCUT2D eigenvalue weighted by Gasteiger charge is -2.17. The molecule has 3 heterocycles. The molecule has 0 aliphatic heterocycles. The predicted octanol–water partition coefficient (Wildman–Crippen LogP) is 4.29. The first-order chi connectivity index (χ1) is 13.6. The number of benzene rings is 1. The van der Waals surface area contributed by atoms with Crippen molar-refractivity contribution in [1.82, 2.24) is 15.1 Å². The van der Waals surface area contributed by atoms with E-state index in [1.807, 2.05) is 49.6 Å². The molecule has 0 saturated carbocycles. The maximum Gasteiger partial charge on any atom is 0.276 e. The van der Waals surface area contributed by atoms with Crippen molar-refractivity contribution in [1.29, 1.82) is 0 Å². The van der Waals surface area contributed by atoms with Crippen molar-refractivity contribution in [3.05, 3.63) is 62.7 Å². The summed E-state index contributed by atoms with van der Waals surface area (Å²) in [7, 11) is 0. The highest BCUT2D eigenvalue weighted by Crippen LogP contribution is 2.33. The number of aryl methyl sites for hydroxylation is 1. The number of thiophene rings is 2. The molecule has 144 valence electrons. The van der Waals surface area contributed by atoms with Crippen molar-refractivity contribution < 1.29 is 4.79 Å². The van der Waals surface area contributed by atoms with Gasteiger partial charge in [-0.05, 0) is 37.3 Å². The zero-order valence-corrected chi connectivity index (χ0v) is 17.4. The van der Waals surface area contributed by atoms with E-state index >= 15 is 0 Å². The second kappa shape index (κ2) is 7.85. The first kappa shape index (κ1) is 18.8. The number of amides is 1. The fourth-order valence-electron chi connectivity index (χ4n) is 3.44. The quantitative estimate of drug-likeness (QED) is 0.515. The van der Waals surface area contributed by atoms with Crippen LogP contribution in [-0.2, 0) is 11.2 Å². The van der Waals surface area contributed by atoms with Crippen molar-refractivity contribution in [2.75, 3.05) is 6.54 Å². The highest BCUT2D eigenvalue weighted by molar-refractivity contribution is 7.26. The zero-order valence-electron chi connectivity index (χ0n) is 15.8. The maximum absolute atomic E-state index is 13.2. The molecule has 0 bridgehead atoms. The molecule has 7 heteroatoms. The monoisotopic (exact) mass is 411 g/mol. The first-order valence-electron chi connectivity index (χ1n) is 9.31. The van der Waals surface area contributed by atoms with E-state index in [4.69, 9.17) is 0 Å². The van der Waals surface area contributed by atoms with E-state index in [1.165, 1.54) is 9.56 Å². The highest BCUT2D eigenvalue weighted by atomic mass is 32.1. The van der Waals surface area contributed by atoms with Crippen LogP contribution < -0.4 is 10.9 Å². The van der Waals surface area contributed by atoms with Gasteiger partial charge in [0.1, 0.15) is 6.04 Å². The number of carbonyl (C=O) groups is 1. The van der Waals surface area contributed by atoms with Gasteiger partial charge in [0.05, 0.1) is 15.8 Å². The van der Waals surface area contributed by atoms with Crippen LogP contribution in [0.5, 0.6) is 0 Å². The SMILES string of the molecule is CCC(C(=O)NCCc1cccs1)n1nc(C)c2sc3ccccc3c2c1=O. The van der Waals surface area contributed by atoms with Crippen LogP contribution in [0.2, 0.25) is 0 Å². The van der Waals surface area contributed by atoms with E-state index in [9.17, 15) is 9.59 Å². The Bertz CT molecular complexity index is 1190. The molecule has 1 unspecified atom stereocenters. The second-order valence-corrected chi connectivity index (χ2v) is 8.77. The fraction of sp³-hybridized carbons (Fsp3) is 0.286. The molecule has 0 aliphatic carbocycles. The molecule has 1 atom stereocenters. The zero-order chi connectivity index (χ0) is 19.7. The number of fused-ring (bicyclic) bond motifs is 3. The van der Waals surface area contributed by atoms with Gasteiger partial charge in [-0.1, -0.05) is 31.2 Å². The average Bonchev–Trinajstić information content (AvgIpc) is 3.34. The van der Waals surface area contributed by atoms with Gasteiger partial charge in [0.25, 0.3) is 5.56 Å². The Morgan fingerprint density at radius 1 is 1.25 bits per heavy atom. The van der Waals surface area contributed by atoms with Crippen LogP contribution >= 0.6 is 22.7 Å². The van der Waals surface area contributed by atoms with Gasteiger partial charge in [0.2, 0.25) is 5.91 Å². The third-order valence-electron chi connectivity index (χ3n) is 4.84. The van der Waals surface area contributed by atoms with Crippen LogP contribution in [-0.4, -0.2) is 22.2 Å². The molecular weight excluding hydrogens is 390 g/mol. The minimum atomic E-state index is -0.613. The first-order valence-corrected chi connectivity index (χ1v) is 11.0. The Hall–Kier alpha value is -2.51. The lowest BCUT2D eigenvalue weighted by atomic mass is 10.1. The van der Waals surface area contributed by atoms with Crippen LogP contribution in [0.15, 0.2) is 46.6 Å². The average molecular weight is 412 g/mol. The van der Waals surface area contributed by atoms with Gasteiger partial charge in [-0.15, -0.1) is 22.7 Å². The lowest BCUT2D eigenvalue weighted by Crippen LogP contribution is -2.39. The van der Waals surface area contributed by atoms with Crippen molar-refractivity contribution in [2.45, 2.75) is 32.7 Å². The van der Waals surface area contributed by atoms with Gasteiger partial charge in [-0.2, -0.15) is 5.10 Å². The van der Waals surface area contributed by atoms with Gasteiger partial charge in [0.15, 0.2) is 0 Å². The smallest absolute Gasteiger partial charge is 0.276 e. The fourth-order valence-corrected chi connectivity index (χ4v) is 5.29. The number of rotatable bonds is 6. The summed E-state index contributed by atoms with van der Waals surface area (Å²) in [5.74, 6) is -0.160. The molecule has 0 spiro atoms. The molecule has 0 saturated heterocycles. The van der Waals surface area contributed by atoms with E-state index in [2.05, 4.69) is 16.5 Å². The molecule has 28 heavy (non-hydrogen) atoms. The summed E-state index contributed by atoms with van der Waals surface area (Å²) in [5.41, 5.74) is 0.582. The summed E-state index contributed by atoms with van der Waals surface area (Å²) >= 11 is 3.25. The molecule has 0 aliphatic rings. The van der Waals surface area contributed by atoms with Crippen LogP contribution in [0.25, 0.3) is 20.2 Å². The van der Waals surface area contributed by atoms with Gasteiger partial charge in [-0.25, -0.2) is 4.68 Å². The molecular formula is C21H21N3O2S2. The predicted molar refractivity (Wildman–Crippen MR) is 116 cm³/mol. The van der Waals surface area contributed by atoms with Crippen LogP contribution in [0, 0.1) is 6.92 Å². The summed E-state index contributed by atoms with van der Waals surface area (Å²) in [5, 5.41) is 11.1. The lowest BCUT2D eigenvalue weighted by molar-refractivity contribution is -0.124. The number of nitrogens with one attached hydrogen (secondary N) is 1. The van der Waals surface area contributed by atoms with E-state index in [1.54, 1.807) is 22.7 Å². The molecule has 1 aromatic carbocycles. The topological polar surface area (TPSA) is 64.0 Å². The van der Waals surface area contributed by atoms with Crippen molar-refractivity contribution >= 4 is 48.8 Å². The maximum atomic E-state index is 13.2. The standard InChI is InChI=1S/C21H21N3O2S2/c1-3-16(20(25)22-11-10-14-7-6-12-27-14)24-21(26)18-15-8-4-5-9-17(15)28-19(18)13(2)23-24/h4-9,12,16H,3,10-11H2,1-2H3,(H,22,25). The number of aromatic nitrogens is 2. The Labute approximate surface area is 170 Å². The summed E-state index contributed by atoms with van der Waals surface area (Å²) in [4.78, 5) is 27.3. The third kappa shape index (κ3) is 3.36. The molecule has 4 aromatic rings. The van der Waals surface area contributed by atoms with E-state index in [-0.39, 0.29) is 11.5 Å². The third-order valence-corrected chi connectivity index (χ3v) is 7.05. The summed E-state index contributed by atoms with van der Waals surface area (Å²) in [6.07, 6.45) is 1.29. The molecule has 5 nitrogen and oxygen atoms in total. The second-order valence-electron chi connectivity index (χ2n) is 6.68. The van der Waals surface area contributed by atoms with Gasteiger partial charge in [0, 0.05) is 21.5 Å². The number of nitrogens with zero attached hydrogens (tertiary/aromatic N) is 2. The van der Waals surface area contributed by atoms with Gasteiger partial charge < -0.3 is 5.32 Å². The van der Waals surface area contributed by atoms with Crippen LogP contribution in [0.1, 0.15) is 30.0 Å². The highest BCUT2D eigenvalue weighted by Gasteiger charge is 2.24. The largest absolute Gasteiger partial charge is 0.354 e. The van der Waals surface area contributed by atoms with Crippen LogP contribution in [0.4, 0.5) is 0 Å². The minimum Gasteiger partial charge on any atom is -0.354 e. The number of hydrogen-bond acceptors (Lipinski definition) is 5. The van der Waals surface area contributed by atoms with E-state index in [0.717, 1.165) is 26.9 Å². The molecule has 1 amide bonds. The molecule has 4 rings (SSSR count). The summed E-state index contributed by atoms with van der Waals surface area (Å²) < 4.78 is 3.33. The van der Waals surface area contributed by atoms with E-state index < -0.39 is 6.04 Å². The summed E-state index contributed by atoms with van der Waals surface area (Å²) in [6, 6.07) is 11.3. The molecule has 1 N–H and O–H groups in total. The molecule has 0 radical (unpaired) electrons. The Kier molecular flexibility index (Phi) is 5.28. The minimum absolute atomic E-state index is 0.160. The van der Waals surface area contributed by atoms with E-state index in [0.29, 0.717) is 18.4 Å².